The van der Waals surface area contributed by atoms with Crippen molar-refractivity contribution in [1.29, 1.82) is 0 Å². The Morgan fingerprint density at radius 1 is 1.44 bits per heavy atom. The second-order valence-electron chi connectivity index (χ2n) is 4.82. The summed E-state index contributed by atoms with van der Waals surface area (Å²) in [6, 6.07) is -0.560. The first-order chi connectivity index (χ1) is 8.30. The summed E-state index contributed by atoms with van der Waals surface area (Å²) in [5.74, 6) is -0.508. The molecule has 1 aromatic heterocycles. The fraction of sp³-hybridized carbons (Fsp3) is 0.600. The van der Waals surface area contributed by atoms with Gasteiger partial charge in [-0.2, -0.15) is 0 Å². The predicted octanol–water partition coefficient (Wildman–Crippen LogP) is -0.605. The van der Waals surface area contributed by atoms with E-state index in [0.717, 1.165) is 0 Å². The van der Waals surface area contributed by atoms with Crippen LogP contribution in [-0.4, -0.2) is 37.6 Å². The number of aliphatic hydroxyl groups excluding tert-OH is 1. The summed E-state index contributed by atoms with van der Waals surface area (Å²) < 4.78 is 1.24. The van der Waals surface area contributed by atoms with Crippen molar-refractivity contribution in [3.05, 3.63) is 11.9 Å². The van der Waals surface area contributed by atoms with E-state index in [-0.39, 0.29) is 13.2 Å². The molecule has 0 spiro atoms. The third kappa shape index (κ3) is 4.91. The Morgan fingerprint density at radius 2 is 2.11 bits per heavy atom. The van der Waals surface area contributed by atoms with Crippen LogP contribution < -0.4 is 10.6 Å². The first-order valence-corrected chi connectivity index (χ1v) is 5.42. The number of carbonyl (C=O) groups excluding carboxylic acids is 2. The molecule has 1 aromatic rings. The molecule has 3 N–H and O–H groups in total. The fourth-order valence-electron chi connectivity index (χ4n) is 1.17. The van der Waals surface area contributed by atoms with Crippen molar-refractivity contribution in [1.82, 2.24) is 25.6 Å². The Morgan fingerprint density at radius 3 is 2.61 bits per heavy atom. The second-order valence-corrected chi connectivity index (χ2v) is 4.82. The van der Waals surface area contributed by atoms with Crippen LogP contribution in [0.15, 0.2) is 6.20 Å². The molecule has 0 unspecified atom stereocenters. The summed E-state index contributed by atoms with van der Waals surface area (Å²) in [7, 11) is 0. The molecule has 0 bridgehead atoms. The Bertz CT molecular complexity index is 435. The lowest BCUT2D eigenvalue weighted by atomic mass is 10.1. The molecule has 0 aromatic carbocycles. The third-order valence-electron chi connectivity index (χ3n) is 1.80. The molecule has 0 aliphatic carbocycles. The lowest BCUT2D eigenvalue weighted by Crippen LogP contribution is -2.48. The van der Waals surface area contributed by atoms with Crippen molar-refractivity contribution in [2.45, 2.75) is 39.5 Å². The second kappa shape index (κ2) is 5.58. The van der Waals surface area contributed by atoms with Gasteiger partial charge in [0.25, 0.3) is 0 Å². The summed E-state index contributed by atoms with van der Waals surface area (Å²) in [5, 5.41) is 20.8. The maximum Gasteiger partial charge on any atom is 0.321 e. The molecule has 100 valence electrons. The van der Waals surface area contributed by atoms with Gasteiger partial charge in [0.05, 0.1) is 12.8 Å². The van der Waals surface area contributed by atoms with Gasteiger partial charge >= 0.3 is 6.03 Å². The lowest BCUT2D eigenvalue weighted by molar-refractivity contribution is -0.120. The lowest BCUT2D eigenvalue weighted by Gasteiger charge is -2.20. The van der Waals surface area contributed by atoms with E-state index < -0.39 is 17.5 Å². The summed E-state index contributed by atoms with van der Waals surface area (Å²) in [6.07, 6.45) is 1.43. The van der Waals surface area contributed by atoms with Crippen LogP contribution in [0.3, 0.4) is 0 Å². The molecule has 0 saturated heterocycles. The van der Waals surface area contributed by atoms with E-state index >= 15 is 0 Å². The van der Waals surface area contributed by atoms with E-state index in [1.807, 2.05) is 20.8 Å². The number of aliphatic hydroxyl groups is 1. The van der Waals surface area contributed by atoms with E-state index in [0.29, 0.717) is 5.69 Å². The third-order valence-corrected chi connectivity index (χ3v) is 1.80. The number of nitrogens with one attached hydrogen (secondary N) is 2. The molecule has 0 atom stereocenters. The Kier molecular flexibility index (Phi) is 4.38. The minimum absolute atomic E-state index is 0.134. The van der Waals surface area contributed by atoms with Crippen molar-refractivity contribution in [2.24, 2.45) is 0 Å². The van der Waals surface area contributed by atoms with Crippen LogP contribution in [0.1, 0.15) is 26.5 Å². The van der Waals surface area contributed by atoms with Crippen LogP contribution in [0.5, 0.6) is 0 Å². The highest BCUT2D eigenvalue weighted by Crippen LogP contribution is 1.97. The maximum atomic E-state index is 11.5. The van der Waals surface area contributed by atoms with Gasteiger partial charge in [0.1, 0.15) is 12.2 Å². The highest BCUT2D eigenvalue weighted by atomic mass is 16.3. The molecule has 0 aliphatic rings. The van der Waals surface area contributed by atoms with Crippen LogP contribution in [0.4, 0.5) is 4.79 Å². The molecule has 18 heavy (non-hydrogen) atoms. The number of nitrogens with zero attached hydrogens (tertiary/aromatic N) is 3. The van der Waals surface area contributed by atoms with E-state index in [1.165, 1.54) is 10.9 Å². The molecule has 1 heterocycles. The standard InChI is InChI=1S/C10H17N5O3/c1-10(2,3)12-9(18)11-8(17)5-15-4-7(6-16)13-14-15/h4,16H,5-6H2,1-3H3,(H2,11,12,17,18). The number of hydrogen-bond acceptors (Lipinski definition) is 5. The molecule has 8 heteroatoms. The molecule has 0 radical (unpaired) electrons. The van der Waals surface area contributed by atoms with Gasteiger partial charge in [-0.3, -0.25) is 10.1 Å². The number of imide groups is 1. The van der Waals surface area contributed by atoms with Gasteiger partial charge < -0.3 is 10.4 Å². The normalized spacial score (nSPS) is 11.1. The zero-order valence-corrected chi connectivity index (χ0v) is 10.6. The fourth-order valence-corrected chi connectivity index (χ4v) is 1.17. The van der Waals surface area contributed by atoms with Crippen molar-refractivity contribution in [3.63, 3.8) is 0 Å². The van der Waals surface area contributed by atoms with Crippen LogP contribution in [0.25, 0.3) is 0 Å². The van der Waals surface area contributed by atoms with Gasteiger partial charge in [-0.15, -0.1) is 5.10 Å². The first kappa shape index (κ1) is 14.1. The molecule has 3 amide bonds. The van der Waals surface area contributed by atoms with Crippen LogP contribution >= 0.6 is 0 Å². The quantitative estimate of drug-likeness (QED) is 0.668. The molecule has 1 rings (SSSR count). The number of rotatable bonds is 3. The van der Waals surface area contributed by atoms with Crippen LogP contribution in [0, 0.1) is 0 Å². The van der Waals surface area contributed by atoms with Gasteiger partial charge in [0.2, 0.25) is 5.91 Å². The predicted molar refractivity (Wildman–Crippen MR) is 62.4 cm³/mol. The smallest absolute Gasteiger partial charge is 0.321 e. The number of amides is 3. The largest absolute Gasteiger partial charge is 0.390 e. The van der Waals surface area contributed by atoms with Crippen LogP contribution in [0.2, 0.25) is 0 Å². The summed E-state index contributed by atoms with van der Waals surface area (Å²) in [4.78, 5) is 22.9. The van der Waals surface area contributed by atoms with Gasteiger partial charge in [-0.1, -0.05) is 5.21 Å². The summed E-state index contributed by atoms with van der Waals surface area (Å²) in [6.45, 7) is 5.04. The molecular weight excluding hydrogens is 238 g/mol. The average Bonchev–Trinajstić information content (AvgIpc) is 2.61. The number of carbonyl (C=O) groups is 2. The number of aromatic nitrogens is 3. The summed E-state index contributed by atoms with van der Waals surface area (Å²) >= 11 is 0. The Labute approximate surface area is 104 Å². The number of hydrogen-bond donors (Lipinski definition) is 3. The minimum atomic E-state index is -0.560. The highest BCUT2D eigenvalue weighted by Gasteiger charge is 2.16. The number of urea groups is 1. The topological polar surface area (TPSA) is 109 Å². The monoisotopic (exact) mass is 255 g/mol. The first-order valence-electron chi connectivity index (χ1n) is 5.42. The minimum Gasteiger partial charge on any atom is -0.390 e. The van der Waals surface area contributed by atoms with E-state index in [4.69, 9.17) is 5.11 Å². The Hall–Kier alpha value is -1.96. The van der Waals surface area contributed by atoms with Gasteiger partial charge in [-0.25, -0.2) is 9.48 Å². The molecular formula is C10H17N5O3. The Balaban J connectivity index is 2.44. The van der Waals surface area contributed by atoms with Crippen molar-refractivity contribution >= 4 is 11.9 Å². The van der Waals surface area contributed by atoms with Crippen molar-refractivity contribution < 1.29 is 14.7 Å². The van der Waals surface area contributed by atoms with Gasteiger partial charge in [0, 0.05) is 5.54 Å². The summed E-state index contributed by atoms with van der Waals surface area (Å²) in [5.41, 5.74) is -0.0521. The molecule has 0 aliphatic heterocycles. The molecule has 0 saturated carbocycles. The molecule has 8 nitrogen and oxygen atoms in total. The van der Waals surface area contributed by atoms with Crippen molar-refractivity contribution in [2.75, 3.05) is 0 Å². The van der Waals surface area contributed by atoms with Gasteiger partial charge in [-0.05, 0) is 20.8 Å². The SMILES string of the molecule is CC(C)(C)NC(=O)NC(=O)Cn1cc(CO)nn1. The zero-order valence-electron chi connectivity index (χ0n) is 10.6. The van der Waals surface area contributed by atoms with E-state index in [2.05, 4.69) is 20.9 Å². The van der Waals surface area contributed by atoms with E-state index in [9.17, 15) is 9.59 Å². The maximum absolute atomic E-state index is 11.5. The molecule has 0 fully saturated rings. The van der Waals surface area contributed by atoms with E-state index in [1.54, 1.807) is 0 Å². The highest BCUT2D eigenvalue weighted by molar-refractivity contribution is 5.94. The zero-order chi connectivity index (χ0) is 13.8. The van der Waals surface area contributed by atoms with Crippen LogP contribution in [-0.2, 0) is 17.9 Å². The average molecular weight is 255 g/mol. The van der Waals surface area contributed by atoms with Crippen molar-refractivity contribution in [3.8, 4) is 0 Å². The van der Waals surface area contributed by atoms with Gasteiger partial charge in [0.15, 0.2) is 0 Å².